The lowest BCUT2D eigenvalue weighted by molar-refractivity contribution is -0.121. The minimum absolute atomic E-state index is 0.0719. The number of benzene rings is 2. The molecule has 7 heteroatoms. The average molecular weight is 434 g/mol. The van der Waals surface area contributed by atoms with Crippen molar-refractivity contribution in [3.63, 3.8) is 0 Å². The van der Waals surface area contributed by atoms with E-state index in [9.17, 15) is 9.59 Å². The summed E-state index contributed by atoms with van der Waals surface area (Å²) in [6, 6.07) is 11.3. The van der Waals surface area contributed by atoms with E-state index in [0.717, 1.165) is 16.5 Å². The Morgan fingerprint density at radius 1 is 1.19 bits per heavy atom. The van der Waals surface area contributed by atoms with Gasteiger partial charge in [0.15, 0.2) is 0 Å². The fourth-order valence-electron chi connectivity index (χ4n) is 4.13. The predicted molar refractivity (Wildman–Crippen MR) is 124 cm³/mol. The van der Waals surface area contributed by atoms with Crippen LogP contribution < -0.4 is 20.4 Å². The monoisotopic (exact) mass is 434 g/mol. The van der Waals surface area contributed by atoms with E-state index in [1.54, 1.807) is 19.1 Å². The van der Waals surface area contributed by atoms with E-state index in [1.807, 2.05) is 31.3 Å². The molecule has 0 bridgehead atoms. The Bertz CT molecular complexity index is 1350. The summed E-state index contributed by atoms with van der Waals surface area (Å²) in [6.45, 7) is 3.75. The van der Waals surface area contributed by atoms with Gasteiger partial charge in [-0.3, -0.25) is 4.79 Å². The zero-order valence-electron chi connectivity index (χ0n) is 18.6. The lowest BCUT2D eigenvalue weighted by Gasteiger charge is -2.15. The molecule has 7 nitrogen and oxygen atoms in total. The van der Waals surface area contributed by atoms with Crippen LogP contribution in [0.4, 0.5) is 0 Å². The fourth-order valence-corrected chi connectivity index (χ4v) is 4.13. The molecule has 1 amide bonds. The van der Waals surface area contributed by atoms with E-state index >= 15 is 0 Å². The number of aromatic nitrogens is 1. The molecule has 0 aliphatic carbocycles. The number of hydrogen-bond acceptors (Lipinski definition) is 5. The van der Waals surface area contributed by atoms with Gasteiger partial charge in [-0.2, -0.15) is 0 Å². The molecule has 0 aliphatic rings. The molecule has 0 spiro atoms. The molecule has 4 aromatic rings. The predicted octanol–water partition coefficient (Wildman–Crippen LogP) is 3.89. The first kappa shape index (κ1) is 21.5. The number of methoxy groups -OCH3 is 2. The zero-order chi connectivity index (χ0) is 22.8. The van der Waals surface area contributed by atoms with Crippen molar-refractivity contribution in [1.82, 2.24) is 10.3 Å². The summed E-state index contributed by atoms with van der Waals surface area (Å²) >= 11 is 0. The largest absolute Gasteiger partial charge is 0.496 e. The molecule has 0 unspecified atom stereocenters. The molecule has 32 heavy (non-hydrogen) atoms. The highest BCUT2D eigenvalue weighted by atomic mass is 16.5. The number of rotatable bonds is 7. The van der Waals surface area contributed by atoms with Crippen LogP contribution >= 0.6 is 0 Å². The molecule has 2 N–H and O–H groups in total. The fraction of sp³-hybridized carbons (Fsp3) is 0.280. The Morgan fingerprint density at radius 2 is 1.97 bits per heavy atom. The third kappa shape index (κ3) is 4.06. The Morgan fingerprint density at radius 3 is 2.72 bits per heavy atom. The van der Waals surface area contributed by atoms with E-state index in [1.165, 1.54) is 14.2 Å². The quantitative estimate of drug-likeness (QED) is 0.431. The van der Waals surface area contributed by atoms with Gasteiger partial charge in [0, 0.05) is 35.3 Å². The van der Waals surface area contributed by atoms with Crippen molar-refractivity contribution in [3.05, 3.63) is 69.7 Å². The Balaban J connectivity index is 1.55. The molecule has 1 atom stereocenters. The maximum atomic E-state index is 12.8. The van der Waals surface area contributed by atoms with E-state index in [4.69, 9.17) is 13.9 Å². The summed E-state index contributed by atoms with van der Waals surface area (Å²) in [6.07, 6.45) is 2.57. The van der Waals surface area contributed by atoms with Crippen LogP contribution in [-0.2, 0) is 17.6 Å². The van der Waals surface area contributed by atoms with E-state index < -0.39 is 5.63 Å². The first-order valence-electron chi connectivity index (χ1n) is 10.4. The standard InChI is InChI=1S/C25H26N2O5/c1-14(9-16-13-26-20-8-6-5-7-18(16)20)27-23(28)12-19-15(2)24-21(31-4)10-17(30-3)11-22(24)32-25(19)29/h5-8,10-11,13-14,26H,9,12H2,1-4H3,(H,27,28)/t14-/m0/s1. The smallest absolute Gasteiger partial charge is 0.340 e. The van der Waals surface area contributed by atoms with Crippen LogP contribution in [0.25, 0.3) is 21.9 Å². The number of para-hydroxylation sites is 1. The van der Waals surface area contributed by atoms with Crippen molar-refractivity contribution < 1.29 is 18.7 Å². The van der Waals surface area contributed by atoms with Gasteiger partial charge in [0.25, 0.3) is 0 Å². The van der Waals surface area contributed by atoms with Crippen LogP contribution in [0.3, 0.4) is 0 Å². The lowest BCUT2D eigenvalue weighted by Crippen LogP contribution is -2.36. The van der Waals surface area contributed by atoms with Gasteiger partial charge in [-0.05, 0) is 37.5 Å². The minimum Gasteiger partial charge on any atom is -0.496 e. The number of aromatic amines is 1. The normalized spacial score (nSPS) is 12.1. The summed E-state index contributed by atoms with van der Waals surface area (Å²) in [7, 11) is 3.07. The van der Waals surface area contributed by atoms with Crippen LogP contribution in [0, 0.1) is 6.92 Å². The number of carbonyl (C=O) groups excluding carboxylic acids is 1. The second-order valence-corrected chi connectivity index (χ2v) is 7.90. The van der Waals surface area contributed by atoms with Gasteiger partial charge in [-0.1, -0.05) is 18.2 Å². The molecule has 2 heterocycles. The topological polar surface area (TPSA) is 93.6 Å². The van der Waals surface area contributed by atoms with E-state index in [0.29, 0.717) is 40.0 Å². The lowest BCUT2D eigenvalue weighted by atomic mass is 10.0. The Hall–Kier alpha value is -3.74. The van der Waals surface area contributed by atoms with Gasteiger partial charge in [0.2, 0.25) is 5.91 Å². The Kier molecular flexibility index (Phi) is 5.90. The van der Waals surface area contributed by atoms with Crippen LogP contribution in [0.15, 0.2) is 51.8 Å². The SMILES string of the molecule is COc1cc(OC)c2c(C)c(CC(=O)N[C@@H](C)Cc3c[nH]c4ccccc34)c(=O)oc2c1. The van der Waals surface area contributed by atoms with E-state index in [2.05, 4.69) is 16.4 Å². The molecule has 4 rings (SSSR count). The van der Waals surface area contributed by atoms with Gasteiger partial charge in [-0.25, -0.2) is 4.79 Å². The average Bonchev–Trinajstić information content (AvgIpc) is 3.18. The number of amides is 1. The number of aryl methyl sites for hydroxylation is 1. The number of carbonyl (C=O) groups is 1. The zero-order valence-corrected chi connectivity index (χ0v) is 18.6. The summed E-state index contributed by atoms with van der Waals surface area (Å²) in [5.41, 5.74) is 3.00. The molecular formula is C25H26N2O5. The summed E-state index contributed by atoms with van der Waals surface area (Å²) in [5, 5.41) is 4.79. The van der Waals surface area contributed by atoms with Crippen molar-refractivity contribution >= 4 is 27.8 Å². The summed E-state index contributed by atoms with van der Waals surface area (Å²) in [5.74, 6) is 0.808. The third-order valence-corrected chi connectivity index (χ3v) is 5.72. The van der Waals surface area contributed by atoms with Crippen molar-refractivity contribution in [2.24, 2.45) is 0 Å². The Labute approximate surface area is 185 Å². The van der Waals surface area contributed by atoms with Gasteiger partial charge in [-0.15, -0.1) is 0 Å². The van der Waals surface area contributed by atoms with Crippen molar-refractivity contribution in [3.8, 4) is 11.5 Å². The molecule has 0 saturated carbocycles. The number of ether oxygens (including phenoxy) is 2. The van der Waals surface area contributed by atoms with Gasteiger partial charge in [0.1, 0.15) is 17.1 Å². The van der Waals surface area contributed by atoms with Crippen LogP contribution in [0.1, 0.15) is 23.6 Å². The van der Waals surface area contributed by atoms with Crippen LogP contribution in [0.5, 0.6) is 11.5 Å². The molecule has 0 radical (unpaired) electrons. The first-order chi connectivity index (χ1) is 15.4. The van der Waals surface area contributed by atoms with Gasteiger partial charge >= 0.3 is 5.63 Å². The van der Waals surface area contributed by atoms with Crippen LogP contribution in [-0.4, -0.2) is 31.2 Å². The van der Waals surface area contributed by atoms with Crippen molar-refractivity contribution in [2.45, 2.75) is 32.7 Å². The molecule has 2 aromatic heterocycles. The minimum atomic E-state index is -0.537. The highest BCUT2D eigenvalue weighted by Crippen LogP contribution is 2.33. The number of nitrogens with one attached hydrogen (secondary N) is 2. The molecule has 0 fully saturated rings. The second-order valence-electron chi connectivity index (χ2n) is 7.90. The number of hydrogen-bond donors (Lipinski definition) is 2. The third-order valence-electron chi connectivity index (χ3n) is 5.72. The molecule has 0 saturated heterocycles. The number of fused-ring (bicyclic) bond motifs is 2. The van der Waals surface area contributed by atoms with Gasteiger partial charge in [0.05, 0.1) is 31.6 Å². The van der Waals surface area contributed by atoms with Crippen molar-refractivity contribution in [1.29, 1.82) is 0 Å². The molecular weight excluding hydrogens is 408 g/mol. The summed E-state index contributed by atoms with van der Waals surface area (Å²) < 4.78 is 16.2. The molecule has 2 aromatic carbocycles. The molecule has 166 valence electrons. The van der Waals surface area contributed by atoms with Crippen molar-refractivity contribution in [2.75, 3.05) is 14.2 Å². The van der Waals surface area contributed by atoms with E-state index in [-0.39, 0.29) is 18.4 Å². The maximum Gasteiger partial charge on any atom is 0.340 e. The maximum absolute atomic E-state index is 12.8. The summed E-state index contributed by atoms with van der Waals surface area (Å²) in [4.78, 5) is 28.7. The van der Waals surface area contributed by atoms with Crippen LogP contribution in [0.2, 0.25) is 0 Å². The molecule has 0 aliphatic heterocycles. The van der Waals surface area contributed by atoms with Gasteiger partial charge < -0.3 is 24.2 Å². The highest BCUT2D eigenvalue weighted by molar-refractivity contribution is 5.90. The first-order valence-corrected chi connectivity index (χ1v) is 10.4. The highest BCUT2D eigenvalue weighted by Gasteiger charge is 2.20. The second kappa shape index (κ2) is 8.78. The number of H-pyrrole nitrogens is 1.